The van der Waals surface area contributed by atoms with Gasteiger partial charge in [-0.25, -0.2) is 4.98 Å². The Balaban J connectivity index is 1.49. The number of fused-ring (bicyclic) bond motifs is 1. The van der Waals surface area contributed by atoms with Gasteiger partial charge in [-0.3, -0.25) is 9.78 Å². The molecular formula is C21H21N3OS. The monoisotopic (exact) mass is 363 g/mol. The van der Waals surface area contributed by atoms with Crippen molar-refractivity contribution in [3.8, 4) is 10.6 Å². The van der Waals surface area contributed by atoms with E-state index in [1.807, 2.05) is 44.3 Å². The third kappa shape index (κ3) is 3.53. The van der Waals surface area contributed by atoms with Crippen LogP contribution >= 0.6 is 11.3 Å². The summed E-state index contributed by atoms with van der Waals surface area (Å²) < 4.78 is 0. The van der Waals surface area contributed by atoms with E-state index in [9.17, 15) is 4.79 Å². The summed E-state index contributed by atoms with van der Waals surface area (Å²) in [5.74, 6) is 0.113. The van der Waals surface area contributed by atoms with Crippen LogP contribution in [-0.4, -0.2) is 15.9 Å². The fourth-order valence-electron chi connectivity index (χ4n) is 3.50. The van der Waals surface area contributed by atoms with Crippen molar-refractivity contribution in [1.82, 2.24) is 9.97 Å². The third-order valence-corrected chi connectivity index (χ3v) is 5.88. The Morgan fingerprint density at radius 1 is 1.23 bits per heavy atom. The van der Waals surface area contributed by atoms with Crippen molar-refractivity contribution >= 4 is 22.9 Å². The highest BCUT2D eigenvalue weighted by atomic mass is 32.1. The molecule has 4 rings (SSSR count). The van der Waals surface area contributed by atoms with E-state index in [1.165, 1.54) is 4.88 Å². The molecule has 1 aliphatic rings. The first kappa shape index (κ1) is 16.9. The van der Waals surface area contributed by atoms with Gasteiger partial charge in [0, 0.05) is 34.4 Å². The second-order valence-corrected chi connectivity index (χ2v) is 8.02. The van der Waals surface area contributed by atoms with Crippen molar-refractivity contribution < 1.29 is 4.79 Å². The minimum Gasteiger partial charge on any atom is -0.326 e. The largest absolute Gasteiger partial charge is 0.326 e. The van der Waals surface area contributed by atoms with Gasteiger partial charge < -0.3 is 5.32 Å². The van der Waals surface area contributed by atoms with Crippen LogP contribution in [-0.2, 0) is 17.6 Å². The summed E-state index contributed by atoms with van der Waals surface area (Å²) in [5, 5.41) is 4.10. The van der Waals surface area contributed by atoms with Crippen molar-refractivity contribution in [3.05, 3.63) is 64.4 Å². The van der Waals surface area contributed by atoms with Gasteiger partial charge in [0.2, 0.25) is 5.91 Å². The van der Waals surface area contributed by atoms with E-state index in [0.29, 0.717) is 0 Å². The molecule has 1 aromatic carbocycles. The summed E-state index contributed by atoms with van der Waals surface area (Å²) in [5.41, 5.74) is 5.40. The molecule has 1 aliphatic carbocycles. The molecule has 0 bridgehead atoms. The van der Waals surface area contributed by atoms with E-state index in [0.717, 1.165) is 52.3 Å². The van der Waals surface area contributed by atoms with Gasteiger partial charge in [0.15, 0.2) is 0 Å². The minimum absolute atomic E-state index is 0.00511. The van der Waals surface area contributed by atoms with Crippen molar-refractivity contribution in [3.63, 3.8) is 0 Å². The first-order valence-electron chi connectivity index (χ1n) is 8.86. The zero-order valence-corrected chi connectivity index (χ0v) is 15.8. The number of hydrogen-bond donors (Lipinski definition) is 1. The topological polar surface area (TPSA) is 54.9 Å². The lowest BCUT2D eigenvalue weighted by Crippen LogP contribution is -2.27. The molecule has 0 saturated heterocycles. The maximum Gasteiger partial charge on any atom is 0.227 e. The van der Waals surface area contributed by atoms with Crippen LogP contribution in [0.4, 0.5) is 5.69 Å². The number of amides is 1. The number of carbonyl (C=O) groups is 1. The summed E-state index contributed by atoms with van der Waals surface area (Å²) in [6.45, 7) is 4.10. The quantitative estimate of drug-likeness (QED) is 0.742. The zero-order valence-electron chi connectivity index (χ0n) is 15.0. The Morgan fingerprint density at radius 3 is 2.77 bits per heavy atom. The number of thiazole rings is 1. The number of aromatic nitrogens is 2. The predicted molar refractivity (Wildman–Crippen MR) is 105 cm³/mol. The number of hydrogen-bond acceptors (Lipinski definition) is 4. The van der Waals surface area contributed by atoms with E-state index in [4.69, 9.17) is 4.98 Å². The van der Waals surface area contributed by atoms with E-state index < -0.39 is 0 Å². The molecular weight excluding hydrogens is 342 g/mol. The van der Waals surface area contributed by atoms with Crippen LogP contribution in [0.2, 0.25) is 0 Å². The van der Waals surface area contributed by atoms with Crippen LogP contribution < -0.4 is 5.32 Å². The molecule has 1 atom stereocenters. The normalized spacial score (nSPS) is 16.2. The average molecular weight is 363 g/mol. The molecule has 1 unspecified atom stereocenters. The highest BCUT2D eigenvalue weighted by molar-refractivity contribution is 7.15. The highest BCUT2D eigenvalue weighted by Gasteiger charge is 2.27. The van der Waals surface area contributed by atoms with Crippen molar-refractivity contribution in [2.24, 2.45) is 5.92 Å². The lowest BCUT2D eigenvalue weighted by molar-refractivity contribution is -0.120. The van der Waals surface area contributed by atoms with Crippen LogP contribution in [0.25, 0.3) is 10.6 Å². The molecule has 3 aromatic rings. The fourth-order valence-corrected chi connectivity index (χ4v) is 4.68. The maximum atomic E-state index is 12.7. The van der Waals surface area contributed by atoms with Gasteiger partial charge in [0.05, 0.1) is 5.69 Å². The van der Waals surface area contributed by atoms with Gasteiger partial charge in [0.1, 0.15) is 5.01 Å². The summed E-state index contributed by atoms with van der Waals surface area (Å²) >= 11 is 1.69. The lowest BCUT2D eigenvalue weighted by Gasteiger charge is -2.20. The van der Waals surface area contributed by atoms with E-state index >= 15 is 0 Å². The molecule has 5 heteroatoms. The minimum atomic E-state index is 0.00511. The summed E-state index contributed by atoms with van der Waals surface area (Å²) in [7, 11) is 0. The van der Waals surface area contributed by atoms with Crippen molar-refractivity contribution in [2.75, 3.05) is 5.32 Å². The molecule has 1 amide bonds. The number of benzene rings is 1. The molecule has 0 aliphatic heterocycles. The summed E-state index contributed by atoms with van der Waals surface area (Å²) in [4.78, 5) is 22.9. The molecule has 26 heavy (non-hydrogen) atoms. The van der Waals surface area contributed by atoms with Gasteiger partial charge in [-0.1, -0.05) is 6.07 Å². The Kier molecular flexibility index (Phi) is 4.55. The van der Waals surface area contributed by atoms with E-state index in [2.05, 4.69) is 16.4 Å². The molecule has 2 heterocycles. The van der Waals surface area contributed by atoms with Crippen LogP contribution in [0.3, 0.4) is 0 Å². The van der Waals surface area contributed by atoms with Gasteiger partial charge >= 0.3 is 0 Å². The van der Waals surface area contributed by atoms with Crippen LogP contribution in [0.5, 0.6) is 0 Å². The van der Waals surface area contributed by atoms with Gasteiger partial charge in [0.25, 0.3) is 0 Å². The standard InChI is InChI=1S/C21H21N3OS/c1-13-8-14(2)10-17(9-13)23-20(25)15-5-6-18-19(11-15)26-21(24-18)16-4-3-7-22-12-16/h3-4,7-10,12,15H,5-6,11H2,1-2H3,(H,23,25). The molecule has 0 spiro atoms. The van der Waals surface area contributed by atoms with Crippen molar-refractivity contribution in [2.45, 2.75) is 33.1 Å². The smallest absolute Gasteiger partial charge is 0.227 e. The molecule has 0 fully saturated rings. The Bertz CT molecular complexity index is 929. The van der Waals surface area contributed by atoms with E-state index in [1.54, 1.807) is 17.5 Å². The predicted octanol–water partition coefficient (Wildman–Crippen LogP) is 4.57. The van der Waals surface area contributed by atoms with Crippen LogP contribution in [0.1, 0.15) is 28.1 Å². The molecule has 132 valence electrons. The van der Waals surface area contributed by atoms with Crippen molar-refractivity contribution in [1.29, 1.82) is 0 Å². The number of anilines is 1. The number of nitrogens with one attached hydrogen (secondary N) is 1. The van der Waals surface area contributed by atoms with Crippen LogP contribution in [0, 0.1) is 19.8 Å². The number of nitrogens with zero attached hydrogens (tertiary/aromatic N) is 2. The summed E-state index contributed by atoms with van der Waals surface area (Å²) in [6.07, 6.45) is 6.08. The number of carbonyl (C=O) groups excluding carboxylic acids is 1. The second-order valence-electron chi connectivity index (χ2n) is 6.94. The Hall–Kier alpha value is -2.53. The average Bonchev–Trinajstić information content (AvgIpc) is 3.05. The van der Waals surface area contributed by atoms with Gasteiger partial charge in [-0.05, 0) is 68.5 Å². The highest BCUT2D eigenvalue weighted by Crippen LogP contribution is 2.34. The number of rotatable bonds is 3. The molecule has 0 radical (unpaired) electrons. The molecule has 2 aromatic heterocycles. The number of pyridine rings is 1. The van der Waals surface area contributed by atoms with E-state index in [-0.39, 0.29) is 11.8 Å². The third-order valence-electron chi connectivity index (χ3n) is 4.71. The fraction of sp³-hybridized carbons (Fsp3) is 0.286. The first-order chi connectivity index (χ1) is 12.6. The molecule has 4 nitrogen and oxygen atoms in total. The maximum absolute atomic E-state index is 12.7. The van der Waals surface area contributed by atoms with Crippen LogP contribution in [0.15, 0.2) is 42.7 Å². The lowest BCUT2D eigenvalue weighted by atomic mass is 9.90. The Morgan fingerprint density at radius 2 is 2.04 bits per heavy atom. The number of aryl methyl sites for hydroxylation is 3. The Labute approximate surface area is 157 Å². The van der Waals surface area contributed by atoms with Gasteiger partial charge in [-0.2, -0.15) is 0 Å². The molecule has 0 saturated carbocycles. The van der Waals surface area contributed by atoms with Gasteiger partial charge in [-0.15, -0.1) is 11.3 Å². The SMILES string of the molecule is Cc1cc(C)cc(NC(=O)C2CCc3nc(-c4cccnc4)sc3C2)c1. The zero-order chi connectivity index (χ0) is 18.1. The summed E-state index contributed by atoms with van der Waals surface area (Å²) in [6, 6.07) is 10.1. The second kappa shape index (κ2) is 7.00. The molecule has 1 N–H and O–H groups in total. The first-order valence-corrected chi connectivity index (χ1v) is 9.68.